The van der Waals surface area contributed by atoms with Crippen LogP contribution in [0, 0.1) is 5.92 Å². The fourth-order valence-corrected chi connectivity index (χ4v) is 0.774. The minimum Gasteiger partial charge on any atom is -0.389 e. The Bertz CT molecular complexity index is 121. The van der Waals surface area contributed by atoms with Crippen LogP contribution in [0.25, 0.3) is 0 Å². The quantitative estimate of drug-likeness (QED) is 0.558. The number of aliphatic hydroxyl groups is 1. The summed E-state index contributed by atoms with van der Waals surface area (Å²) in [6.45, 7) is 3.80. The Morgan fingerprint density at radius 3 is 2.56 bits per heavy atom. The van der Waals surface area contributed by atoms with E-state index >= 15 is 0 Å². The predicted octanol–water partition coefficient (Wildman–Crippen LogP) is 1.72. The van der Waals surface area contributed by atoms with Gasteiger partial charge in [0.05, 0.1) is 6.10 Å². The Morgan fingerprint density at radius 1 is 1.67 bits per heavy atom. The summed E-state index contributed by atoms with van der Waals surface area (Å²) in [6.07, 6.45) is 4.59. The van der Waals surface area contributed by atoms with Gasteiger partial charge in [-0.3, -0.25) is 0 Å². The Balaban J connectivity index is 2.37. The highest BCUT2D eigenvalue weighted by molar-refractivity contribution is 5.08. The van der Waals surface area contributed by atoms with E-state index in [0.29, 0.717) is 0 Å². The number of aliphatic hydroxyl groups excluding tert-OH is 1. The smallest absolute Gasteiger partial charge is 0.0719 e. The van der Waals surface area contributed by atoms with Crippen LogP contribution in [0.5, 0.6) is 0 Å². The van der Waals surface area contributed by atoms with Gasteiger partial charge in [-0.05, 0) is 38.2 Å². The van der Waals surface area contributed by atoms with Crippen molar-refractivity contribution >= 4 is 0 Å². The molecule has 1 saturated carbocycles. The molecule has 9 heavy (non-hydrogen) atoms. The van der Waals surface area contributed by atoms with Gasteiger partial charge in [0.2, 0.25) is 0 Å². The largest absolute Gasteiger partial charge is 0.389 e. The zero-order valence-electron chi connectivity index (χ0n) is 6.09. The average Bonchev–Trinajstić information content (AvgIpc) is 2.50. The second kappa shape index (κ2) is 2.53. The standard InChI is InChI=1S/C8H14O/c1-6(7(2)9)5-8-3-4-8/h5,7-9H,3-4H2,1-2H3. The van der Waals surface area contributed by atoms with E-state index in [2.05, 4.69) is 6.08 Å². The highest BCUT2D eigenvalue weighted by Crippen LogP contribution is 2.31. The number of allylic oxidation sites excluding steroid dienone is 1. The molecule has 52 valence electrons. The topological polar surface area (TPSA) is 20.2 Å². The summed E-state index contributed by atoms with van der Waals surface area (Å²) in [6, 6.07) is 0. The number of hydrogen-bond acceptors (Lipinski definition) is 1. The van der Waals surface area contributed by atoms with E-state index in [1.807, 2.05) is 13.8 Å². The van der Waals surface area contributed by atoms with Crippen LogP contribution in [0.3, 0.4) is 0 Å². The first-order valence-electron chi connectivity index (χ1n) is 3.56. The summed E-state index contributed by atoms with van der Waals surface area (Å²) in [7, 11) is 0. The van der Waals surface area contributed by atoms with Gasteiger partial charge in [-0.2, -0.15) is 0 Å². The fourth-order valence-electron chi connectivity index (χ4n) is 0.774. The summed E-state index contributed by atoms with van der Waals surface area (Å²) < 4.78 is 0. The van der Waals surface area contributed by atoms with Crippen LogP contribution in [0.2, 0.25) is 0 Å². The van der Waals surface area contributed by atoms with E-state index in [-0.39, 0.29) is 6.10 Å². The van der Waals surface area contributed by atoms with Crippen LogP contribution in [-0.4, -0.2) is 11.2 Å². The van der Waals surface area contributed by atoms with Gasteiger partial charge < -0.3 is 5.11 Å². The summed E-state index contributed by atoms with van der Waals surface area (Å²) >= 11 is 0. The Hall–Kier alpha value is -0.300. The molecule has 0 bridgehead atoms. The van der Waals surface area contributed by atoms with Crippen LogP contribution in [0.4, 0.5) is 0 Å². The van der Waals surface area contributed by atoms with E-state index in [1.165, 1.54) is 12.8 Å². The molecule has 0 aromatic heterocycles. The van der Waals surface area contributed by atoms with Crippen molar-refractivity contribution in [3.63, 3.8) is 0 Å². The molecular weight excluding hydrogens is 112 g/mol. The van der Waals surface area contributed by atoms with E-state index in [1.54, 1.807) is 0 Å². The molecule has 1 aliphatic carbocycles. The maximum absolute atomic E-state index is 9.03. The van der Waals surface area contributed by atoms with Crippen molar-refractivity contribution in [1.29, 1.82) is 0 Å². The second-order valence-corrected chi connectivity index (χ2v) is 2.92. The monoisotopic (exact) mass is 126 g/mol. The molecular formula is C8H14O. The molecule has 0 spiro atoms. The van der Waals surface area contributed by atoms with Crippen molar-refractivity contribution < 1.29 is 5.11 Å². The van der Waals surface area contributed by atoms with Gasteiger partial charge in [-0.1, -0.05) is 6.08 Å². The molecule has 1 heteroatoms. The Morgan fingerprint density at radius 2 is 2.22 bits per heavy atom. The first kappa shape index (κ1) is 6.81. The van der Waals surface area contributed by atoms with E-state index in [4.69, 9.17) is 5.11 Å². The fraction of sp³-hybridized carbons (Fsp3) is 0.750. The van der Waals surface area contributed by atoms with Crippen molar-refractivity contribution in [2.75, 3.05) is 0 Å². The summed E-state index contributed by atoms with van der Waals surface area (Å²) in [5, 5.41) is 9.03. The molecule has 0 heterocycles. The molecule has 0 radical (unpaired) electrons. The molecule has 0 aromatic rings. The lowest BCUT2D eigenvalue weighted by Gasteiger charge is -2.01. The minimum absolute atomic E-state index is 0.245. The molecule has 1 unspecified atom stereocenters. The van der Waals surface area contributed by atoms with E-state index in [0.717, 1.165) is 11.5 Å². The zero-order chi connectivity index (χ0) is 6.85. The lowest BCUT2D eigenvalue weighted by atomic mass is 10.1. The van der Waals surface area contributed by atoms with E-state index in [9.17, 15) is 0 Å². The Labute approximate surface area is 56.4 Å². The lowest BCUT2D eigenvalue weighted by Crippen LogP contribution is -2.00. The van der Waals surface area contributed by atoms with Crippen LogP contribution < -0.4 is 0 Å². The molecule has 0 aromatic carbocycles. The van der Waals surface area contributed by atoms with Crippen molar-refractivity contribution in [3.05, 3.63) is 11.6 Å². The maximum atomic E-state index is 9.03. The van der Waals surface area contributed by atoms with Crippen molar-refractivity contribution in [2.45, 2.75) is 32.8 Å². The van der Waals surface area contributed by atoms with Gasteiger partial charge in [0.15, 0.2) is 0 Å². The second-order valence-electron chi connectivity index (χ2n) is 2.92. The molecule has 1 nitrogen and oxygen atoms in total. The molecule has 1 rings (SSSR count). The molecule has 1 aliphatic rings. The highest BCUT2D eigenvalue weighted by Gasteiger charge is 2.18. The third-order valence-corrected chi connectivity index (χ3v) is 1.78. The summed E-state index contributed by atoms with van der Waals surface area (Å²) in [5.74, 6) is 0.791. The van der Waals surface area contributed by atoms with Gasteiger partial charge in [-0.25, -0.2) is 0 Å². The molecule has 1 atom stereocenters. The average molecular weight is 126 g/mol. The first-order valence-corrected chi connectivity index (χ1v) is 3.56. The maximum Gasteiger partial charge on any atom is 0.0719 e. The zero-order valence-corrected chi connectivity index (χ0v) is 6.09. The van der Waals surface area contributed by atoms with Crippen LogP contribution >= 0.6 is 0 Å². The van der Waals surface area contributed by atoms with Gasteiger partial charge in [-0.15, -0.1) is 0 Å². The van der Waals surface area contributed by atoms with Gasteiger partial charge in [0.1, 0.15) is 0 Å². The van der Waals surface area contributed by atoms with Gasteiger partial charge in [0.25, 0.3) is 0 Å². The van der Waals surface area contributed by atoms with Crippen molar-refractivity contribution in [1.82, 2.24) is 0 Å². The molecule has 1 N–H and O–H groups in total. The van der Waals surface area contributed by atoms with E-state index < -0.39 is 0 Å². The third-order valence-electron chi connectivity index (χ3n) is 1.78. The summed E-state index contributed by atoms with van der Waals surface area (Å²) in [4.78, 5) is 0. The van der Waals surface area contributed by atoms with Gasteiger partial charge >= 0.3 is 0 Å². The number of rotatable bonds is 2. The van der Waals surface area contributed by atoms with Crippen molar-refractivity contribution in [3.8, 4) is 0 Å². The third kappa shape index (κ3) is 2.19. The summed E-state index contributed by atoms with van der Waals surface area (Å²) in [5.41, 5.74) is 1.12. The van der Waals surface area contributed by atoms with Crippen molar-refractivity contribution in [2.24, 2.45) is 5.92 Å². The highest BCUT2D eigenvalue weighted by atomic mass is 16.3. The normalized spacial score (nSPS) is 24.1. The van der Waals surface area contributed by atoms with Crippen LogP contribution in [0.1, 0.15) is 26.7 Å². The molecule has 0 saturated heterocycles. The molecule has 0 aliphatic heterocycles. The van der Waals surface area contributed by atoms with Gasteiger partial charge in [0, 0.05) is 0 Å². The number of hydrogen-bond donors (Lipinski definition) is 1. The minimum atomic E-state index is -0.245. The van der Waals surface area contributed by atoms with Crippen LogP contribution in [0.15, 0.2) is 11.6 Å². The van der Waals surface area contributed by atoms with Crippen LogP contribution in [-0.2, 0) is 0 Å². The first-order chi connectivity index (χ1) is 4.20. The predicted molar refractivity (Wildman–Crippen MR) is 38.2 cm³/mol. The lowest BCUT2D eigenvalue weighted by molar-refractivity contribution is 0.231. The Kier molecular flexibility index (Phi) is 1.91. The molecule has 1 fully saturated rings. The molecule has 0 amide bonds. The SMILES string of the molecule is CC(=CC1CC1)C(C)O.